The number of carbonyl (C=O) groups excluding carboxylic acids is 2. The number of nitrogens with zero attached hydrogens (tertiary/aromatic N) is 3. The lowest BCUT2D eigenvalue weighted by atomic mass is 9.84. The summed E-state index contributed by atoms with van der Waals surface area (Å²) in [6.45, 7) is 7.03. The zero-order valence-electron chi connectivity index (χ0n) is 27.1. The van der Waals surface area contributed by atoms with Crippen LogP contribution in [0.2, 0.25) is 0 Å². The number of nitrogens with two attached hydrogens (primary N) is 1. The number of unbranched alkanes of at least 4 members (excludes halogenated alkanes) is 6. The molecule has 2 unspecified atom stereocenters. The van der Waals surface area contributed by atoms with Crippen molar-refractivity contribution in [1.29, 1.82) is 0 Å². The highest BCUT2D eigenvalue weighted by Crippen LogP contribution is 2.29. The summed E-state index contributed by atoms with van der Waals surface area (Å²) in [5.41, 5.74) is 9.80. The van der Waals surface area contributed by atoms with Crippen LogP contribution in [0.3, 0.4) is 0 Å². The second kappa shape index (κ2) is 18.4. The number of aliphatic carboxylic acids is 1. The van der Waals surface area contributed by atoms with Crippen LogP contribution in [-0.2, 0) is 33.6 Å². The highest BCUT2D eigenvalue weighted by molar-refractivity contribution is 5.80. The minimum absolute atomic E-state index is 0.0136. The lowest BCUT2D eigenvalue weighted by Gasteiger charge is -2.24. The van der Waals surface area contributed by atoms with Crippen LogP contribution < -0.4 is 11.1 Å². The maximum atomic E-state index is 13.0. The molecule has 4 N–H and O–H groups in total. The molecule has 3 heterocycles. The summed E-state index contributed by atoms with van der Waals surface area (Å²) in [6, 6.07) is 2.33. The third-order valence-corrected chi connectivity index (χ3v) is 9.09. The van der Waals surface area contributed by atoms with Gasteiger partial charge >= 0.3 is 5.97 Å². The highest BCUT2D eigenvalue weighted by Gasteiger charge is 2.23. The molecular formula is C35H53N5O4. The van der Waals surface area contributed by atoms with E-state index in [2.05, 4.69) is 35.2 Å². The van der Waals surface area contributed by atoms with Crippen molar-refractivity contribution in [2.75, 3.05) is 11.9 Å². The summed E-state index contributed by atoms with van der Waals surface area (Å²) in [5, 5.41) is 12.9. The van der Waals surface area contributed by atoms with Gasteiger partial charge in [-0.05, 0) is 86.8 Å². The van der Waals surface area contributed by atoms with Crippen LogP contribution in [0.25, 0.3) is 0 Å². The van der Waals surface area contributed by atoms with Crippen molar-refractivity contribution < 1.29 is 19.5 Å². The average Bonchev–Trinajstić information content (AvgIpc) is 2.99. The number of pyridine rings is 1. The number of rotatable bonds is 21. The zero-order valence-corrected chi connectivity index (χ0v) is 27.1. The summed E-state index contributed by atoms with van der Waals surface area (Å²) in [4.78, 5) is 48.9. The van der Waals surface area contributed by atoms with E-state index in [9.17, 15) is 19.5 Å². The first-order chi connectivity index (χ1) is 21.1. The number of Topliss-reactive ketones (excluding diaryl/α,β-unsaturated/α-hetero) is 1. The molecule has 3 atom stereocenters. The number of primary amides is 1. The number of nitrogens with one attached hydrogen (secondary N) is 1. The van der Waals surface area contributed by atoms with Crippen LogP contribution in [0.1, 0.15) is 131 Å². The molecule has 0 bridgehead atoms. The topological polar surface area (TPSA) is 148 Å². The van der Waals surface area contributed by atoms with Gasteiger partial charge in [-0.1, -0.05) is 52.0 Å². The molecule has 1 aliphatic heterocycles. The van der Waals surface area contributed by atoms with Gasteiger partial charge in [0.15, 0.2) is 0 Å². The van der Waals surface area contributed by atoms with E-state index in [1.165, 1.54) is 11.1 Å². The molecule has 1 aliphatic rings. The predicted molar refractivity (Wildman–Crippen MR) is 174 cm³/mol. The van der Waals surface area contributed by atoms with Gasteiger partial charge in [-0.15, -0.1) is 0 Å². The summed E-state index contributed by atoms with van der Waals surface area (Å²) < 4.78 is 0. The summed E-state index contributed by atoms with van der Waals surface area (Å²) in [5.74, 6) is 1.11. The first-order valence-corrected chi connectivity index (χ1v) is 16.7. The Kier molecular flexibility index (Phi) is 14.7. The van der Waals surface area contributed by atoms with Crippen molar-refractivity contribution in [3.05, 3.63) is 46.7 Å². The normalized spacial score (nSPS) is 14.7. The molecule has 44 heavy (non-hydrogen) atoms. The molecule has 0 aromatic carbocycles. The predicted octanol–water partition coefficient (Wildman–Crippen LogP) is 6.50. The molecule has 0 aliphatic carbocycles. The van der Waals surface area contributed by atoms with Gasteiger partial charge in [0.2, 0.25) is 5.91 Å². The fourth-order valence-corrected chi connectivity index (χ4v) is 6.13. The number of amides is 1. The summed E-state index contributed by atoms with van der Waals surface area (Å²) in [7, 11) is 0. The van der Waals surface area contributed by atoms with Crippen molar-refractivity contribution in [2.45, 2.75) is 129 Å². The molecule has 2 aromatic heterocycles. The first kappa shape index (κ1) is 35.1. The number of carbonyl (C=O) groups is 3. The van der Waals surface area contributed by atoms with Crippen LogP contribution in [0.4, 0.5) is 5.82 Å². The Hall–Kier alpha value is -3.36. The summed E-state index contributed by atoms with van der Waals surface area (Å²) in [6.07, 6.45) is 16.9. The number of carboxylic acid groups (broad SMARTS) is 1. The molecule has 3 rings (SSSR count). The molecule has 0 saturated heterocycles. The second-order valence-corrected chi connectivity index (χ2v) is 12.8. The minimum Gasteiger partial charge on any atom is -0.481 e. The van der Waals surface area contributed by atoms with Gasteiger partial charge in [0.25, 0.3) is 0 Å². The van der Waals surface area contributed by atoms with E-state index >= 15 is 0 Å². The number of hydrogen-bond acceptors (Lipinski definition) is 7. The molecule has 0 spiro atoms. The van der Waals surface area contributed by atoms with Crippen LogP contribution in [0.15, 0.2) is 18.5 Å². The third-order valence-electron chi connectivity index (χ3n) is 9.09. The average molecular weight is 608 g/mol. The lowest BCUT2D eigenvalue weighted by molar-refractivity contribution is -0.137. The SMILES string of the molecule is Cc1ncc([C@@H](CCCCCCc2nc3c(cc2CC(C)C(C)C(=O)CCCCCCC(N)=O)CCCN3)CC(=O)O)cn1. The Labute approximate surface area is 263 Å². The zero-order chi connectivity index (χ0) is 31.9. The quantitative estimate of drug-likeness (QED) is 0.136. The lowest BCUT2D eigenvalue weighted by Crippen LogP contribution is -2.22. The molecule has 1 amide bonds. The van der Waals surface area contributed by atoms with Gasteiger partial charge in [-0.25, -0.2) is 15.0 Å². The smallest absolute Gasteiger partial charge is 0.303 e. The summed E-state index contributed by atoms with van der Waals surface area (Å²) >= 11 is 0. The molecular weight excluding hydrogens is 554 g/mol. The highest BCUT2D eigenvalue weighted by atomic mass is 16.4. The standard InChI is InChI=1S/C35H53N5O4/c1-24(25(2)32(41)16-10-6-7-11-17-33(36)42)19-29-20-28-14-12-18-37-35(28)40-31(29)15-9-5-4-8-13-27(21-34(43)44)30-22-38-26(3)39-23-30/h20,22-25,27H,4-19,21H2,1-3H3,(H2,36,42)(H,37,40)(H,43,44)/t24?,25?,27-/m0/s1. The molecule has 0 saturated carbocycles. The maximum absolute atomic E-state index is 13.0. The second-order valence-electron chi connectivity index (χ2n) is 12.8. The van der Waals surface area contributed by atoms with Crippen LogP contribution in [0, 0.1) is 18.8 Å². The molecule has 9 nitrogen and oxygen atoms in total. The monoisotopic (exact) mass is 607 g/mol. The van der Waals surface area contributed by atoms with E-state index in [0.717, 1.165) is 107 Å². The molecule has 2 aromatic rings. The van der Waals surface area contributed by atoms with E-state index in [4.69, 9.17) is 10.7 Å². The Bertz CT molecular complexity index is 1220. The van der Waals surface area contributed by atoms with Crippen molar-refractivity contribution in [3.63, 3.8) is 0 Å². The minimum atomic E-state index is -0.794. The van der Waals surface area contributed by atoms with Crippen molar-refractivity contribution in [3.8, 4) is 0 Å². The van der Waals surface area contributed by atoms with E-state index in [0.29, 0.717) is 24.4 Å². The van der Waals surface area contributed by atoms with Crippen LogP contribution in [0.5, 0.6) is 0 Å². The fourth-order valence-electron chi connectivity index (χ4n) is 6.13. The van der Waals surface area contributed by atoms with E-state index < -0.39 is 5.97 Å². The Morgan fingerprint density at radius 3 is 2.36 bits per heavy atom. The van der Waals surface area contributed by atoms with Crippen LogP contribution >= 0.6 is 0 Å². The first-order valence-electron chi connectivity index (χ1n) is 16.7. The van der Waals surface area contributed by atoms with Crippen molar-refractivity contribution in [1.82, 2.24) is 15.0 Å². The van der Waals surface area contributed by atoms with E-state index in [1.807, 2.05) is 6.92 Å². The third kappa shape index (κ3) is 12.0. The van der Waals surface area contributed by atoms with Crippen LogP contribution in [-0.4, -0.2) is 44.3 Å². The van der Waals surface area contributed by atoms with Gasteiger partial charge in [-0.3, -0.25) is 14.4 Å². The fraction of sp³-hybridized carbons (Fsp3) is 0.657. The Balaban J connectivity index is 1.51. The maximum Gasteiger partial charge on any atom is 0.303 e. The van der Waals surface area contributed by atoms with Gasteiger partial charge in [-0.2, -0.15) is 0 Å². The van der Waals surface area contributed by atoms with Crippen molar-refractivity contribution >= 4 is 23.5 Å². The molecule has 242 valence electrons. The number of carboxylic acids is 1. The Morgan fingerprint density at radius 2 is 1.66 bits per heavy atom. The molecule has 0 fully saturated rings. The largest absolute Gasteiger partial charge is 0.481 e. The van der Waals surface area contributed by atoms with Gasteiger partial charge in [0.05, 0.1) is 6.42 Å². The molecule has 0 radical (unpaired) electrons. The van der Waals surface area contributed by atoms with Gasteiger partial charge in [0, 0.05) is 43.4 Å². The van der Waals surface area contributed by atoms with Gasteiger partial charge in [0.1, 0.15) is 17.4 Å². The number of ketones is 1. The number of aromatic nitrogens is 3. The number of hydrogen-bond donors (Lipinski definition) is 3. The number of aryl methyl sites for hydroxylation is 3. The van der Waals surface area contributed by atoms with Crippen molar-refractivity contribution in [2.24, 2.45) is 17.6 Å². The number of anilines is 1. The van der Waals surface area contributed by atoms with E-state index in [-0.39, 0.29) is 30.1 Å². The number of fused-ring (bicyclic) bond motifs is 1. The van der Waals surface area contributed by atoms with Gasteiger partial charge < -0.3 is 16.2 Å². The van der Waals surface area contributed by atoms with E-state index in [1.54, 1.807) is 12.4 Å². The Morgan fingerprint density at radius 1 is 0.977 bits per heavy atom. The molecule has 9 heteroatoms.